The third-order valence-electron chi connectivity index (χ3n) is 3.94. The molecule has 4 atom stereocenters. The fraction of sp³-hybridized carbons (Fsp3) is 0.333. The summed E-state index contributed by atoms with van der Waals surface area (Å²) in [5.41, 5.74) is 0.267. The van der Waals surface area contributed by atoms with Gasteiger partial charge in [0.1, 0.15) is 17.6 Å². The van der Waals surface area contributed by atoms with Gasteiger partial charge in [-0.2, -0.15) is 0 Å². The van der Waals surface area contributed by atoms with Crippen LogP contribution in [0.4, 0.5) is 0 Å². The van der Waals surface area contributed by atoms with Crippen molar-refractivity contribution in [3.8, 4) is 17.2 Å². The Bertz CT molecular complexity index is 641. The zero-order valence-electron chi connectivity index (χ0n) is 11.4. The number of hydrogen-bond donors (Lipinski definition) is 6. The summed E-state index contributed by atoms with van der Waals surface area (Å²) in [6.45, 7) is 0. The number of hydrogen-bond acceptors (Lipinski definition) is 7. The van der Waals surface area contributed by atoms with Crippen molar-refractivity contribution >= 4 is 0 Å². The Hall–Kier alpha value is -2.38. The minimum Gasteiger partial charge on any atom is -0.508 e. The molecule has 3 rings (SSSR count). The molecule has 0 bridgehead atoms. The van der Waals surface area contributed by atoms with Crippen LogP contribution in [0.25, 0.3) is 0 Å². The van der Waals surface area contributed by atoms with Gasteiger partial charge < -0.3 is 35.4 Å². The summed E-state index contributed by atoms with van der Waals surface area (Å²) >= 11 is 0. The average Bonchev–Trinajstić information content (AvgIpc) is 2.44. The van der Waals surface area contributed by atoms with E-state index in [1.165, 1.54) is 24.3 Å². The fourth-order valence-electron chi connectivity index (χ4n) is 2.83. The molecular formula is C15H16O7. The van der Waals surface area contributed by atoms with Crippen molar-refractivity contribution in [2.75, 3.05) is 0 Å². The number of fused-ring (bicyclic) bond motifs is 1. The van der Waals surface area contributed by atoms with Gasteiger partial charge in [0.15, 0.2) is 17.2 Å². The highest BCUT2D eigenvalue weighted by molar-refractivity contribution is 5.52. The van der Waals surface area contributed by atoms with Gasteiger partial charge in [0.05, 0.1) is 12.2 Å². The summed E-state index contributed by atoms with van der Waals surface area (Å²) in [5, 5.41) is 58.1. The van der Waals surface area contributed by atoms with Crippen LogP contribution < -0.4 is 0 Å². The van der Waals surface area contributed by atoms with E-state index < -0.39 is 41.5 Å². The third kappa shape index (κ3) is 2.34. The molecule has 1 aromatic carbocycles. The summed E-state index contributed by atoms with van der Waals surface area (Å²) < 4.78 is 5.63. The minimum atomic E-state index is -0.992. The van der Waals surface area contributed by atoms with Gasteiger partial charge in [0.2, 0.25) is 0 Å². The number of rotatable bonds is 1. The standard InChI is InChI=1S/C15H16O7/c16-7-3-9(17)8-5-12(20)15(22-13(8)4-7)6-1-10(18)14(21)11(19)2-6/h1-4,8-9,12,15-21H,5H2/t8?,9?,12-,15-/m1/s1. The second-order valence-electron chi connectivity index (χ2n) is 5.48. The highest BCUT2D eigenvalue weighted by Gasteiger charge is 2.40. The lowest BCUT2D eigenvalue weighted by Gasteiger charge is -2.38. The summed E-state index contributed by atoms with van der Waals surface area (Å²) in [5.74, 6) is -2.01. The van der Waals surface area contributed by atoms with Crippen LogP contribution in [0.3, 0.4) is 0 Å². The monoisotopic (exact) mass is 308 g/mol. The molecule has 7 nitrogen and oxygen atoms in total. The van der Waals surface area contributed by atoms with Crippen molar-refractivity contribution in [1.82, 2.24) is 0 Å². The Labute approximate surface area is 125 Å². The fourth-order valence-corrected chi connectivity index (χ4v) is 2.83. The van der Waals surface area contributed by atoms with Crippen molar-refractivity contribution < 1.29 is 35.4 Å². The van der Waals surface area contributed by atoms with Gasteiger partial charge in [0, 0.05) is 17.6 Å². The molecule has 22 heavy (non-hydrogen) atoms. The topological polar surface area (TPSA) is 131 Å². The highest BCUT2D eigenvalue weighted by Crippen LogP contribution is 2.44. The number of phenols is 3. The molecule has 0 spiro atoms. The minimum absolute atomic E-state index is 0.134. The molecule has 0 aromatic heterocycles. The molecule has 0 saturated carbocycles. The van der Waals surface area contributed by atoms with Crippen molar-refractivity contribution in [2.24, 2.45) is 5.92 Å². The first-order valence-corrected chi connectivity index (χ1v) is 6.77. The van der Waals surface area contributed by atoms with E-state index in [1.807, 2.05) is 0 Å². The number of aromatic hydroxyl groups is 3. The molecule has 6 N–H and O–H groups in total. The Morgan fingerprint density at radius 2 is 1.64 bits per heavy atom. The molecule has 1 aromatic rings. The van der Waals surface area contributed by atoms with E-state index in [2.05, 4.69) is 0 Å². The number of ether oxygens (including phenoxy) is 1. The quantitative estimate of drug-likeness (QED) is 0.426. The van der Waals surface area contributed by atoms with Crippen LogP contribution in [0.15, 0.2) is 35.8 Å². The highest BCUT2D eigenvalue weighted by atomic mass is 16.5. The largest absolute Gasteiger partial charge is 0.508 e. The van der Waals surface area contributed by atoms with E-state index >= 15 is 0 Å². The number of aliphatic hydroxyl groups excluding tert-OH is 3. The molecule has 0 radical (unpaired) electrons. The molecule has 0 amide bonds. The van der Waals surface area contributed by atoms with Crippen molar-refractivity contribution in [3.05, 3.63) is 41.4 Å². The average molecular weight is 308 g/mol. The van der Waals surface area contributed by atoms with Crippen molar-refractivity contribution in [2.45, 2.75) is 24.7 Å². The number of aliphatic hydroxyl groups is 3. The lowest BCUT2D eigenvalue weighted by atomic mass is 9.84. The van der Waals surface area contributed by atoms with E-state index in [0.29, 0.717) is 5.76 Å². The Kier molecular flexibility index (Phi) is 3.38. The van der Waals surface area contributed by atoms with Crippen LogP contribution in [0.5, 0.6) is 17.2 Å². The van der Waals surface area contributed by atoms with Gasteiger partial charge in [-0.1, -0.05) is 0 Å². The smallest absolute Gasteiger partial charge is 0.200 e. The van der Waals surface area contributed by atoms with Crippen molar-refractivity contribution in [3.63, 3.8) is 0 Å². The van der Waals surface area contributed by atoms with E-state index in [9.17, 15) is 30.6 Å². The second-order valence-corrected chi connectivity index (χ2v) is 5.48. The summed E-state index contributed by atoms with van der Waals surface area (Å²) in [6, 6.07) is 2.36. The van der Waals surface area contributed by atoms with E-state index in [1.54, 1.807) is 0 Å². The van der Waals surface area contributed by atoms with Gasteiger partial charge in [-0.3, -0.25) is 0 Å². The lowest BCUT2D eigenvalue weighted by molar-refractivity contribution is -0.0788. The molecule has 2 aliphatic rings. The van der Waals surface area contributed by atoms with E-state index in [0.717, 1.165) is 0 Å². The molecule has 1 saturated heterocycles. The van der Waals surface area contributed by atoms with Crippen LogP contribution in [0.1, 0.15) is 18.1 Å². The molecule has 1 aliphatic heterocycles. The van der Waals surface area contributed by atoms with Crippen LogP contribution in [0.2, 0.25) is 0 Å². The SMILES string of the molecule is OC1=CC(O)C2C[C@@H](O)[C@@H](c3cc(O)c(O)c(O)c3)OC2=C1. The Morgan fingerprint density at radius 3 is 2.27 bits per heavy atom. The van der Waals surface area contributed by atoms with Crippen molar-refractivity contribution in [1.29, 1.82) is 0 Å². The maximum atomic E-state index is 10.2. The first kappa shape index (κ1) is 14.6. The molecule has 1 fully saturated rings. The molecule has 1 heterocycles. The summed E-state index contributed by atoms with van der Waals surface area (Å²) in [7, 11) is 0. The summed E-state index contributed by atoms with van der Waals surface area (Å²) in [4.78, 5) is 0. The second kappa shape index (κ2) is 5.11. The number of benzene rings is 1. The maximum Gasteiger partial charge on any atom is 0.200 e. The molecule has 118 valence electrons. The van der Waals surface area contributed by atoms with Crippen LogP contribution in [-0.4, -0.2) is 42.8 Å². The molecule has 7 heteroatoms. The van der Waals surface area contributed by atoms with Gasteiger partial charge in [-0.05, 0) is 24.6 Å². The molecule has 2 unspecified atom stereocenters. The predicted octanol–water partition coefficient (Wildman–Crippen LogP) is 0.942. The van der Waals surface area contributed by atoms with Crippen LogP contribution in [-0.2, 0) is 4.74 Å². The van der Waals surface area contributed by atoms with Gasteiger partial charge in [0.25, 0.3) is 0 Å². The first-order chi connectivity index (χ1) is 10.4. The first-order valence-electron chi connectivity index (χ1n) is 6.77. The third-order valence-corrected chi connectivity index (χ3v) is 3.94. The Morgan fingerprint density at radius 1 is 1.00 bits per heavy atom. The number of allylic oxidation sites excluding steroid dienone is 1. The van der Waals surface area contributed by atoms with Crippen LogP contribution in [0, 0.1) is 5.92 Å². The predicted molar refractivity (Wildman–Crippen MR) is 74.2 cm³/mol. The van der Waals surface area contributed by atoms with Gasteiger partial charge >= 0.3 is 0 Å². The van der Waals surface area contributed by atoms with E-state index in [4.69, 9.17) is 4.74 Å². The normalized spacial score (nSPS) is 30.8. The lowest BCUT2D eigenvalue weighted by Crippen LogP contribution is -2.37. The molecule has 1 aliphatic carbocycles. The van der Waals surface area contributed by atoms with E-state index in [-0.39, 0.29) is 17.7 Å². The Balaban J connectivity index is 1.94. The zero-order valence-corrected chi connectivity index (χ0v) is 11.4. The van der Waals surface area contributed by atoms with Crippen LogP contribution >= 0.6 is 0 Å². The van der Waals surface area contributed by atoms with Gasteiger partial charge in [-0.25, -0.2) is 0 Å². The number of phenolic OH excluding ortho intramolecular Hbond substituents is 3. The molecular weight excluding hydrogens is 292 g/mol. The van der Waals surface area contributed by atoms with Gasteiger partial charge in [-0.15, -0.1) is 0 Å². The zero-order chi connectivity index (χ0) is 16.0. The maximum absolute atomic E-state index is 10.2. The summed E-state index contributed by atoms with van der Waals surface area (Å²) in [6.07, 6.45) is -0.0488.